The predicted octanol–water partition coefficient (Wildman–Crippen LogP) is 2.18. The maximum atomic E-state index is 10.4. The summed E-state index contributed by atoms with van der Waals surface area (Å²) < 4.78 is 0. The number of aryl methyl sites for hydroxylation is 1. The van der Waals surface area contributed by atoms with Crippen molar-refractivity contribution in [1.29, 1.82) is 0 Å². The summed E-state index contributed by atoms with van der Waals surface area (Å²) in [6, 6.07) is 4.63. The van der Waals surface area contributed by atoms with Crippen LogP contribution in [0.2, 0.25) is 0 Å². The average Bonchev–Trinajstić information content (AvgIpc) is 2.15. The fraction of sp³-hybridized carbons (Fsp3) is 0.200. The molecule has 0 aliphatic rings. The first kappa shape index (κ1) is 10.6. The molecule has 0 unspecified atom stereocenters. The lowest BCUT2D eigenvalue weighted by atomic mass is 10.1. The summed E-state index contributed by atoms with van der Waals surface area (Å²) in [5, 5.41) is 10.4. The first-order valence-electron chi connectivity index (χ1n) is 4.00. The van der Waals surface area contributed by atoms with Gasteiger partial charge in [-0.1, -0.05) is 11.8 Å². The molecule has 1 aromatic rings. The van der Waals surface area contributed by atoms with Gasteiger partial charge in [0.05, 0.1) is 10.7 Å². The van der Waals surface area contributed by atoms with Crippen molar-refractivity contribution in [3.8, 4) is 11.8 Å². The second kappa shape index (κ2) is 4.68. The Morgan fingerprint density at radius 2 is 2.29 bits per heavy atom. The second-order valence-electron chi connectivity index (χ2n) is 2.72. The molecule has 4 heteroatoms. The standard InChI is InChI=1S/C10H9NO2S/c1-8-7-10(11(12)13)5-4-9(8)3-2-6-14/h4-5,7,14H,6H2,1H3. The number of nitro groups is 1. The van der Waals surface area contributed by atoms with E-state index in [-0.39, 0.29) is 5.69 Å². The minimum absolute atomic E-state index is 0.0962. The molecule has 0 saturated carbocycles. The fourth-order valence-corrected chi connectivity index (χ4v) is 1.12. The normalized spacial score (nSPS) is 9.00. The van der Waals surface area contributed by atoms with Crippen molar-refractivity contribution >= 4 is 18.3 Å². The van der Waals surface area contributed by atoms with Gasteiger partial charge in [0.1, 0.15) is 0 Å². The largest absolute Gasteiger partial charge is 0.269 e. The minimum atomic E-state index is -0.414. The van der Waals surface area contributed by atoms with Gasteiger partial charge in [-0.05, 0) is 18.6 Å². The smallest absolute Gasteiger partial charge is 0.258 e. The summed E-state index contributed by atoms with van der Waals surface area (Å²) in [6.07, 6.45) is 0. The average molecular weight is 207 g/mol. The van der Waals surface area contributed by atoms with E-state index in [1.807, 2.05) is 0 Å². The van der Waals surface area contributed by atoms with Gasteiger partial charge in [0.25, 0.3) is 5.69 Å². The predicted molar refractivity (Wildman–Crippen MR) is 58.6 cm³/mol. The Bertz CT molecular complexity index is 418. The van der Waals surface area contributed by atoms with Crippen LogP contribution in [0.1, 0.15) is 11.1 Å². The van der Waals surface area contributed by atoms with Gasteiger partial charge < -0.3 is 0 Å². The zero-order valence-electron chi connectivity index (χ0n) is 7.65. The molecule has 0 saturated heterocycles. The van der Waals surface area contributed by atoms with Gasteiger partial charge in [-0.3, -0.25) is 10.1 Å². The molecule has 1 rings (SSSR count). The highest BCUT2D eigenvalue weighted by Crippen LogP contribution is 2.16. The molecule has 0 amide bonds. The zero-order chi connectivity index (χ0) is 10.6. The molecule has 0 aliphatic heterocycles. The number of benzene rings is 1. The van der Waals surface area contributed by atoms with E-state index >= 15 is 0 Å². The van der Waals surface area contributed by atoms with E-state index in [0.717, 1.165) is 11.1 Å². The molecule has 1 aromatic carbocycles. The van der Waals surface area contributed by atoms with Crippen molar-refractivity contribution in [2.75, 3.05) is 5.75 Å². The molecule has 3 nitrogen and oxygen atoms in total. The third kappa shape index (κ3) is 2.51. The summed E-state index contributed by atoms with van der Waals surface area (Å²) >= 11 is 3.96. The molecule has 0 radical (unpaired) electrons. The fourth-order valence-electron chi connectivity index (χ4n) is 1.04. The quantitative estimate of drug-likeness (QED) is 0.332. The van der Waals surface area contributed by atoms with Gasteiger partial charge >= 0.3 is 0 Å². The summed E-state index contributed by atoms with van der Waals surface area (Å²) in [5.41, 5.74) is 1.72. The molecule has 0 atom stereocenters. The van der Waals surface area contributed by atoms with Crippen LogP contribution in [0, 0.1) is 28.9 Å². The molecule has 0 spiro atoms. The Morgan fingerprint density at radius 3 is 2.79 bits per heavy atom. The molecule has 0 aromatic heterocycles. The van der Waals surface area contributed by atoms with Crippen molar-refractivity contribution < 1.29 is 4.92 Å². The molecule has 0 heterocycles. The molecule has 72 valence electrons. The van der Waals surface area contributed by atoms with Gasteiger partial charge in [0.2, 0.25) is 0 Å². The number of hydrogen-bond acceptors (Lipinski definition) is 3. The Morgan fingerprint density at radius 1 is 1.57 bits per heavy atom. The highest BCUT2D eigenvalue weighted by atomic mass is 32.1. The summed E-state index contributed by atoms with van der Waals surface area (Å²) in [4.78, 5) is 10.0. The van der Waals surface area contributed by atoms with Gasteiger partial charge in [-0.2, -0.15) is 12.6 Å². The van der Waals surface area contributed by atoms with E-state index in [1.165, 1.54) is 12.1 Å². The topological polar surface area (TPSA) is 43.1 Å². The highest BCUT2D eigenvalue weighted by molar-refractivity contribution is 7.80. The Balaban J connectivity index is 3.07. The van der Waals surface area contributed by atoms with Gasteiger partial charge in [0.15, 0.2) is 0 Å². The van der Waals surface area contributed by atoms with Crippen LogP contribution >= 0.6 is 12.6 Å². The summed E-state index contributed by atoms with van der Waals surface area (Å²) in [5.74, 6) is 6.16. The van der Waals surface area contributed by atoms with Crippen LogP contribution in [0.4, 0.5) is 5.69 Å². The van der Waals surface area contributed by atoms with E-state index in [2.05, 4.69) is 24.5 Å². The maximum Gasteiger partial charge on any atom is 0.269 e. The Labute approximate surface area is 87.7 Å². The Hall–Kier alpha value is -1.47. The summed E-state index contributed by atoms with van der Waals surface area (Å²) in [6.45, 7) is 1.80. The first-order chi connectivity index (χ1) is 6.65. The van der Waals surface area contributed by atoms with E-state index in [0.29, 0.717) is 5.75 Å². The van der Waals surface area contributed by atoms with Crippen molar-refractivity contribution in [2.24, 2.45) is 0 Å². The lowest BCUT2D eigenvalue weighted by Gasteiger charge is -1.97. The number of nitrogens with zero attached hydrogens (tertiary/aromatic N) is 1. The van der Waals surface area contributed by atoms with Gasteiger partial charge in [-0.25, -0.2) is 0 Å². The molecule has 14 heavy (non-hydrogen) atoms. The van der Waals surface area contributed by atoms with Crippen molar-refractivity contribution in [3.05, 3.63) is 39.4 Å². The van der Waals surface area contributed by atoms with Crippen molar-refractivity contribution in [2.45, 2.75) is 6.92 Å². The molecule has 0 fully saturated rings. The monoisotopic (exact) mass is 207 g/mol. The van der Waals surface area contributed by atoms with Crippen LogP contribution in [0.3, 0.4) is 0 Å². The van der Waals surface area contributed by atoms with Crippen LogP contribution in [0.25, 0.3) is 0 Å². The third-order valence-electron chi connectivity index (χ3n) is 1.72. The molecule has 0 N–H and O–H groups in total. The van der Waals surface area contributed by atoms with E-state index in [9.17, 15) is 10.1 Å². The van der Waals surface area contributed by atoms with Gasteiger partial charge in [0, 0.05) is 17.7 Å². The first-order valence-corrected chi connectivity index (χ1v) is 4.63. The number of hydrogen-bond donors (Lipinski definition) is 1. The van der Waals surface area contributed by atoms with Crippen LogP contribution in [-0.4, -0.2) is 10.7 Å². The molecule has 0 aliphatic carbocycles. The van der Waals surface area contributed by atoms with E-state index in [1.54, 1.807) is 13.0 Å². The lowest BCUT2D eigenvalue weighted by molar-refractivity contribution is -0.384. The van der Waals surface area contributed by atoms with E-state index < -0.39 is 4.92 Å². The molecule has 0 bridgehead atoms. The molecular formula is C10H9NO2S. The number of thiol groups is 1. The third-order valence-corrected chi connectivity index (χ3v) is 1.88. The van der Waals surface area contributed by atoms with Gasteiger partial charge in [-0.15, -0.1) is 0 Å². The molecular weight excluding hydrogens is 198 g/mol. The van der Waals surface area contributed by atoms with Crippen molar-refractivity contribution in [1.82, 2.24) is 0 Å². The second-order valence-corrected chi connectivity index (χ2v) is 3.03. The van der Waals surface area contributed by atoms with Crippen LogP contribution < -0.4 is 0 Å². The maximum absolute atomic E-state index is 10.4. The van der Waals surface area contributed by atoms with Crippen LogP contribution in [0.15, 0.2) is 18.2 Å². The minimum Gasteiger partial charge on any atom is -0.258 e. The number of nitro benzene ring substituents is 1. The van der Waals surface area contributed by atoms with E-state index in [4.69, 9.17) is 0 Å². The van der Waals surface area contributed by atoms with Crippen molar-refractivity contribution in [3.63, 3.8) is 0 Å². The zero-order valence-corrected chi connectivity index (χ0v) is 8.54. The number of non-ortho nitro benzene ring substituents is 1. The number of rotatable bonds is 1. The summed E-state index contributed by atoms with van der Waals surface area (Å²) in [7, 11) is 0. The van der Waals surface area contributed by atoms with Crippen LogP contribution in [0.5, 0.6) is 0 Å². The lowest BCUT2D eigenvalue weighted by Crippen LogP contribution is -1.90. The Kier molecular flexibility index (Phi) is 3.55. The van der Waals surface area contributed by atoms with Crippen LogP contribution in [-0.2, 0) is 0 Å². The SMILES string of the molecule is Cc1cc([N+](=O)[O-])ccc1C#CCS. The highest BCUT2D eigenvalue weighted by Gasteiger charge is 2.05.